The molecule has 0 spiro atoms. The maximum absolute atomic E-state index is 14.0. The molecule has 0 saturated carbocycles. The molecule has 3 rings (SSSR count). The van der Waals surface area contributed by atoms with Gasteiger partial charge in [0.1, 0.15) is 0 Å². The van der Waals surface area contributed by atoms with Crippen LogP contribution in [0.5, 0.6) is 5.75 Å². The first-order valence-electron chi connectivity index (χ1n) is 8.19. The molecule has 0 aliphatic carbocycles. The van der Waals surface area contributed by atoms with E-state index in [0.717, 1.165) is 4.90 Å². The largest absolute Gasteiger partial charge is 0.482 e. The number of hydrogen-bond donors (Lipinski definition) is 1. The third-order valence-corrected chi connectivity index (χ3v) is 4.02. The lowest BCUT2D eigenvalue weighted by atomic mass is 10.1. The fraction of sp³-hybridized carbons (Fsp3) is 0.211. The van der Waals surface area contributed by atoms with Crippen LogP contribution >= 0.6 is 0 Å². The zero-order chi connectivity index (χ0) is 20.5. The van der Waals surface area contributed by atoms with E-state index in [0.29, 0.717) is 11.3 Å². The van der Waals surface area contributed by atoms with E-state index in [1.807, 2.05) is 0 Å². The maximum Gasteiger partial charge on any atom is 0.482 e. The van der Waals surface area contributed by atoms with Crippen LogP contribution in [0, 0.1) is 0 Å². The zero-order valence-electron chi connectivity index (χ0n) is 15.0. The van der Waals surface area contributed by atoms with Crippen LogP contribution in [0.3, 0.4) is 0 Å². The SMILES string of the molecule is COC(=O)c1ccc2c(c1)N(Cc1ccc(NC(C)=O)cc1)C(=O)C(F)(F)O2. The summed E-state index contributed by atoms with van der Waals surface area (Å²) in [6.45, 7) is 1.17. The number of fused-ring (bicyclic) bond motifs is 1. The molecule has 0 radical (unpaired) electrons. The summed E-state index contributed by atoms with van der Waals surface area (Å²) in [6, 6.07) is 10.1. The number of anilines is 2. The highest BCUT2D eigenvalue weighted by Gasteiger charge is 2.50. The fourth-order valence-electron chi connectivity index (χ4n) is 2.74. The molecule has 0 unspecified atom stereocenters. The van der Waals surface area contributed by atoms with Gasteiger partial charge in [0.2, 0.25) is 5.91 Å². The molecule has 9 heteroatoms. The van der Waals surface area contributed by atoms with Gasteiger partial charge >= 0.3 is 18.0 Å². The number of esters is 1. The van der Waals surface area contributed by atoms with Gasteiger partial charge in [0.15, 0.2) is 5.75 Å². The van der Waals surface area contributed by atoms with Crippen molar-refractivity contribution in [3.63, 3.8) is 0 Å². The lowest BCUT2D eigenvalue weighted by molar-refractivity contribution is -0.193. The van der Waals surface area contributed by atoms with E-state index in [4.69, 9.17) is 0 Å². The van der Waals surface area contributed by atoms with Gasteiger partial charge in [0.05, 0.1) is 24.9 Å². The van der Waals surface area contributed by atoms with E-state index >= 15 is 0 Å². The highest BCUT2D eigenvalue weighted by molar-refractivity contribution is 6.02. The number of nitrogens with zero attached hydrogens (tertiary/aromatic N) is 1. The molecule has 0 saturated heterocycles. The molecule has 1 aliphatic rings. The summed E-state index contributed by atoms with van der Waals surface area (Å²) in [4.78, 5) is 35.9. The highest BCUT2D eigenvalue weighted by Crippen LogP contribution is 2.40. The summed E-state index contributed by atoms with van der Waals surface area (Å²) < 4.78 is 37.2. The summed E-state index contributed by atoms with van der Waals surface area (Å²) in [5.74, 6) is -2.70. The van der Waals surface area contributed by atoms with Crippen LogP contribution in [-0.4, -0.2) is 31.0 Å². The minimum atomic E-state index is -4.03. The lowest BCUT2D eigenvalue weighted by Crippen LogP contribution is -2.50. The summed E-state index contributed by atoms with van der Waals surface area (Å²) >= 11 is 0. The van der Waals surface area contributed by atoms with Crippen molar-refractivity contribution in [2.75, 3.05) is 17.3 Å². The normalized spacial score (nSPS) is 14.7. The predicted octanol–water partition coefficient (Wildman–Crippen LogP) is 2.95. The number of amides is 2. The second-order valence-electron chi connectivity index (χ2n) is 6.06. The van der Waals surface area contributed by atoms with Gasteiger partial charge in [-0.15, -0.1) is 0 Å². The van der Waals surface area contributed by atoms with Gasteiger partial charge in [-0.2, -0.15) is 8.78 Å². The molecule has 1 N–H and O–H groups in total. The third kappa shape index (κ3) is 3.78. The van der Waals surface area contributed by atoms with Crippen LogP contribution in [0.1, 0.15) is 22.8 Å². The summed E-state index contributed by atoms with van der Waals surface area (Å²) in [7, 11) is 1.19. The van der Waals surface area contributed by atoms with Crippen molar-refractivity contribution in [3.05, 3.63) is 53.6 Å². The second kappa shape index (κ2) is 7.26. The predicted molar refractivity (Wildman–Crippen MR) is 95.3 cm³/mol. The number of carbonyl (C=O) groups excluding carboxylic acids is 3. The fourth-order valence-corrected chi connectivity index (χ4v) is 2.74. The van der Waals surface area contributed by atoms with Gasteiger partial charge in [-0.1, -0.05) is 12.1 Å². The van der Waals surface area contributed by atoms with E-state index < -0.39 is 18.0 Å². The first-order valence-corrected chi connectivity index (χ1v) is 8.19. The van der Waals surface area contributed by atoms with Crippen LogP contribution in [0.4, 0.5) is 20.2 Å². The Morgan fingerprint density at radius 2 is 1.86 bits per heavy atom. The Kier molecular flexibility index (Phi) is 5.00. The topological polar surface area (TPSA) is 84.9 Å². The Morgan fingerprint density at radius 3 is 2.46 bits per heavy atom. The van der Waals surface area contributed by atoms with E-state index in [1.54, 1.807) is 24.3 Å². The molecule has 7 nitrogen and oxygen atoms in total. The first kappa shape index (κ1) is 19.3. The smallest absolute Gasteiger partial charge is 0.465 e. The van der Waals surface area contributed by atoms with Crippen molar-refractivity contribution in [1.82, 2.24) is 0 Å². The standard InChI is InChI=1S/C19H16F2N2O5/c1-11(24)22-14-6-3-12(4-7-14)10-23-15-9-13(17(25)27-2)5-8-16(15)28-19(20,21)18(23)26/h3-9H,10H2,1-2H3,(H,22,24). The van der Waals surface area contributed by atoms with Crippen molar-refractivity contribution in [2.24, 2.45) is 0 Å². The van der Waals surface area contributed by atoms with Gasteiger partial charge in [0, 0.05) is 12.6 Å². The number of rotatable bonds is 4. The quantitative estimate of drug-likeness (QED) is 0.812. The minimum Gasteiger partial charge on any atom is -0.465 e. The minimum absolute atomic E-state index is 0.0322. The van der Waals surface area contributed by atoms with Gasteiger partial charge in [0.25, 0.3) is 0 Å². The van der Waals surface area contributed by atoms with E-state index in [2.05, 4.69) is 14.8 Å². The number of benzene rings is 2. The van der Waals surface area contributed by atoms with Crippen LogP contribution in [-0.2, 0) is 20.9 Å². The second-order valence-corrected chi connectivity index (χ2v) is 6.06. The number of carbonyl (C=O) groups is 3. The number of methoxy groups -OCH3 is 1. The molecule has 1 heterocycles. The van der Waals surface area contributed by atoms with Crippen LogP contribution in [0.25, 0.3) is 0 Å². The highest BCUT2D eigenvalue weighted by atomic mass is 19.3. The summed E-state index contributed by atoms with van der Waals surface area (Å²) in [6.07, 6.45) is -4.03. The van der Waals surface area contributed by atoms with Gasteiger partial charge in [-0.05, 0) is 35.9 Å². The molecule has 28 heavy (non-hydrogen) atoms. The summed E-state index contributed by atoms with van der Waals surface area (Å²) in [5.41, 5.74) is 1.19. The molecule has 0 fully saturated rings. The van der Waals surface area contributed by atoms with Crippen molar-refractivity contribution in [3.8, 4) is 5.75 Å². The lowest BCUT2D eigenvalue weighted by Gasteiger charge is -2.33. The molecule has 146 valence electrons. The van der Waals surface area contributed by atoms with E-state index in [1.165, 1.54) is 32.2 Å². The summed E-state index contributed by atoms with van der Waals surface area (Å²) in [5, 5.41) is 2.59. The Morgan fingerprint density at radius 1 is 1.18 bits per heavy atom. The average molecular weight is 390 g/mol. The van der Waals surface area contributed by atoms with Gasteiger partial charge in [-0.25, -0.2) is 4.79 Å². The van der Waals surface area contributed by atoms with Crippen LogP contribution in [0.2, 0.25) is 0 Å². The molecule has 2 aromatic carbocycles. The first-order chi connectivity index (χ1) is 13.2. The number of hydrogen-bond acceptors (Lipinski definition) is 5. The van der Waals surface area contributed by atoms with Crippen molar-refractivity contribution in [1.29, 1.82) is 0 Å². The number of nitrogens with one attached hydrogen (secondary N) is 1. The number of alkyl halides is 2. The molecule has 0 aromatic heterocycles. The Balaban J connectivity index is 1.96. The van der Waals surface area contributed by atoms with E-state index in [-0.39, 0.29) is 29.5 Å². The monoisotopic (exact) mass is 390 g/mol. The maximum atomic E-state index is 14.0. The molecule has 2 aromatic rings. The van der Waals surface area contributed by atoms with Gasteiger partial charge in [-0.3, -0.25) is 14.5 Å². The third-order valence-electron chi connectivity index (χ3n) is 4.02. The number of halogens is 2. The Bertz CT molecular complexity index is 944. The van der Waals surface area contributed by atoms with Gasteiger partial charge < -0.3 is 14.8 Å². The zero-order valence-corrected chi connectivity index (χ0v) is 15.0. The molecule has 0 atom stereocenters. The molecule has 2 amide bonds. The van der Waals surface area contributed by atoms with Crippen molar-refractivity contribution >= 4 is 29.2 Å². The van der Waals surface area contributed by atoms with Crippen LogP contribution in [0.15, 0.2) is 42.5 Å². The van der Waals surface area contributed by atoms with Crippen molar-refractivity contribution in [2.45, 2.75) is 19.6 Å². The number of ether oxygens (including phenoxy) is 2. The molecule has 0 bridgehead atoms. The molecular weight excluding hydrogens is 374 g/mol. The molecular formula is C19H16F2N2O5. The van der Waals surface area contributed by atoms with E-state index in [9.17, 15) is 23.2 Å². The Hall–Kier alpha value is -3.49. The Labute approximate surface area is 158 Å². The average Bonchev–Trinajstić information content (AvgIpc) is 2.65. The van der Waals surface area contributed by atoms with Crippen molar-refractivity contribution < 1.29 is 32.6 Å². The molecule has 1 aliphatic heterocycles. The van der Waals surface area contributed by atoms with Crippen LogP contribution < -0.4 is 15.0 Å².